The third kappa shape index (κ3) is 4.91. The van der Waals surface area contributed by atoms with E-state index in [1.807, 2.05) is 49.1 Å². The van der Waals surface area contributed by atoms with Crippen molar-refractivity contribution >= 4 is 17.7 Å². The van der Waals surface area contributed by atoms with E-state index in [0.29, 0.717) is 11.1 Å². The number of aromatic nitrogens is 2. The molecule has 1 atom stereocenters. The summed E-state index contributed by atoms with van der Waals surface area (Å²) in [7, 11) is 0. The van der Waals surface area contributed by atoms with Crippen molar-refractivity contribution < 1.29 is 9.21 Å². The summed E-state index contributed by atoms with van der Waals surface area (Å²) in [5.74, 6) is 0.611. The molecule has 1 aliphatic rings. The normalized spacial score (nSPS) is 15.9. The van der Waals surface area contributed by atoms with Gasteiger partial charge in [0.1, 0.15) is 0 Å². The van der Waals surface area contributed by atoms with Gasteiger partial charge in [0.2, 0.25) is 11.8 Å². The van der Waals surface area contributed by atoms with Crippen molar-refractivity contribution in [3.05, 3.63) is 65.7 Å². The zero-order valence-electron chi connectivity index (χ0n) is 17.3. The highest BCUT2D eigenvalue weighted by molar-refractivity contribution is 8.00. The molecule has 4 rings (SSSR count). The molecule has 1 aromatic heterocycles. The minimum atomic E-state index is -0.268. The molecule has 7 heteroatoms. The number of piperazine rings is 1. The third-order valence-corrected chi connectivity index (χ3v) is 6.26. The van der Waals surface area contributed by atoms with E-state index < -0.39 is 0 Å². The summed E-state index contributed by atoms with van der Waals surface area (Å²) in [6.45, 7) is 8.10. The summed E-state index contributed by atoms with van der Waals surface area (Å²) in [6, 6.07) is 18.3. The van der Waals surface area contributed by atoms with E-state index in [1.165, 1.54) is 17.3 Å². The van der Waals surface area contributed by atoms with Crippen molar-refractivity contribution in [1.82, 2.24) is 20.0 Å². The molecule has 0 unspecified atom stereocenters. The van der Waals surface area contributed by atoms with Crippen LogP contribution in [0.4, 0.5) is 0 Å². The molecule has 1 fully saturated rings. The number of hydrogen-bond acceptors (Lipinski definition) is 6. The molecule has 0 saturated carbocycles. The molecule has 0 N–H and O–H groups in total. The molecule has 1 aliphatic heterocycles. The molecular weight excluding hydrogens is 396 g/mol. The molecule has 0 aliphatic carbocycles. The zero-order chi connectivity index (χ0) is 20.9. The Kier molecular flexibility index (Phi) is 6.50. The van der Waals surface area contributed by atoms with Crippen LogP contribution in [0.2, 0.25) is 0 Å². The molecule has 30 heavy (non-hydrogen) atoms. The maximum atomic E-state index is 12.9. The smallest absolute Gasteiger partial charge is 0.277 e. The number of thioether (sulfide) groups is 1. The van der Waals surface area contributed by atoms with Gasteiger partial charge in [-0.3, -0.25) is 9.69 Å². The van der Waals surface area contributed by atoms with E-state index in [-0.39, 0.29) is 11.2 Å². The van der Waals surface area contributed by atoms with Crippen LogP contribution in [-0.4, -0.2) is 57.3 Å². The van der Waals surface area contributed by atoms with E-state index in [9.17, 15) is 4.79 Å². The van der Waals surface area contributed by atoms with Crippen LogP contribution in [0.1, 0.15) is 18.1 Å². The van der Waals surface area contributed by atoms with E-state index in [1.54, 1.807) is 0 Å². The highest BCUT2D eigenvalue weighted by Gasteiger charge is 2.27. The summed E-state index contributed by atoms with van der Waals surface area (Å²) in [5.41, 5.74) is 3.31. The molecule has 6 nitrogen and oxygen atoms in total. The van der Waals surface area contributed by atoms with Gasteiger partial charge < -0.3 is 9.32 Å². The maximum Gasteiger partial charge on any atom is 0.277 e. The summed E-state index contributed by atoms with van der Waals surface area (Å²) in [5, 5.41) is 8.44. The molecular formula is C23H26N4O2S. The first kappa shape index (κ1) is 20.6. The second kappa shape index (κ2) is 9.45. The van der Waals surface area contributed by atoms with Gasteiger partial charge in [-0.05, 0) is 31.0 Å². The predicted molar refractivity (Wildman–Crippen MR) is 118 cm³/mol. The molecule has 2 aromatic carbocycles. The number of carbonyl (C=O) groups excluding carboxylic acids is 1. The van der Waals surface area contributed by atoms with Gasteiger partial charge in [0.15, 0.2) is 0 Å². The lowest BCUT2D eigenvalue weighted by atomic mass is 10.1. The van der Waals surface area contributed by atoms with Gasteiger partial charge in [-0.25, -0.2) is 0 Å². The minimum Gasteiger partial charge on any atom is -0.411 e. The fourth-order valence-corrected chi connectivity index (χ4v) is 4.37. The lowest BCUT2D eigenvalue weighted by molar-refractivity contribution is -0.132. The monoisotopic (exact) mass is 422 g/mol. The highest BCUT2D eigenvalue weighted by atomic mass is 32.2. The molecule has 0 bridgehead atoms. The van der Waals surface area contributed by atoms with Crippen LogP contribution in [0.5, 0.6) is 0 Å². The SMILES string of the molecule is Cc1ccccc1-c1nnc(S[C@@H](C)C(=O)N2CCN(Cc3ccccc3)CC2)o1. The molecule has 0 radical (unpaired) electrons. The lowest BCUT2D eigenvalue weighted by Crippen LogP contribution is -2.50. The van der Waals surface area contributed by atoms with Crippen LogP contribution in [0, 0.1) is 6.92 Å². The van der Waals surface area contributed by atoms with Crippen molar-refractivity contribution in [2.75, 3.05) is 26.2 Å². The number of hydrogen-bond donors (Lipinski definition) is 0. The van der Waals surface area contributed by atoms with E-state index >= 15 is 0 Å². The van der Waals surface area contributed by atoms with Crippen molar-refractivity contribution in [1.29, 1.82) is 0 Å². The fourth-order valence-electron chi connectivity index (χ4n) is 3.61. The number of rotatable bonds is 6. The first-order chi connectivity index (χ1) is 14.6. The second-order valence-electron chi connectivity index (χ2n) is 7.54. The average molecular weight is 423 g/mol. The molecule has 1 saturated heterocycles. The van der Waals surface area contributed by atoms with Crippen LogP contribution >= 0.6 is 11.8 Å². The van der Waals surface area contributed by atoms with E-state index in [4.69, 9.17) is 4.42 Å². The van der Waals surface area contributed by atoms with Crippen LogP contribution in [0.3, 0.4) is 0 Å². The first-order valence-corrected chi connectivity index (χ1v) is 11.1. The summed E-state index contributed by atoms with van der Waals surface area (Å²) in [4.78, 5) is 17.2. The number of aryl methyl sites for hydroxylation is 1. The number of benzene rings is 2. The van der Waals surface area contributed by atoms with Crippen LogP contribution in [-0.2, 0) is 11.3 Å². The minimum absolute atomic E-state index is 0.120. The Hall–Kier alpha value is -2.64. The van der Waals surface area contributed by atoms with Crippen LogP contribution in [0.15, 0.2) is 64.2 Å². The Balaban J connectivity index is 1.30. The van der Waals surface area contributed by atoms with Gasteiger partial charge in [-0.1, -0.05) is 60.3 Å². The van der Waals surface area contributed by atoms with E-state index in [2.05, 4.69) is 39.4 Å². The predicted octanol–water partition coefficient (Wildman–Crippen LogP) is 3.87. The summed E-state index contributed by atoms with van der Waals surface area (Å²) >= 11 is 1.33. The lowest BCUT2D eigenvalue weighted by Gasteiger charge is -2.35. The maximum absolute atomic E-state index is 12.9. The Morgan fingerprint density at radius 3 is 2.47 bits per heavy atom. The molecule has 0 spiro atoms. The first-order valence-electron chi connectivity index (χ1n) is 10.2. The summed E-state index contributed by atoms with van der Waals surface area (Å²) in [6.07, 6.45) is 0. The van der Waals surface area contributed by atoms with Gasteiger partial charge in [-0.15, -0.1) is 10.2 Å². The van der Waals surface area contributed by atoms with Gasteiger partial charge in [0, 0.05) is 38.3 Å². The summed E-state index contributed by atoms with van der Waals surface area (Å²) < 4.78 is 5.80. The van der Waals surface area contributed by atoms with Gasteiger partial charge in [0.25, 0.3) is 5.22 Å². The van der Waals surface area contributed by atoms with Gasteiger partial charge in [0.05, 0.1) is 5.25 Å². The second-order valence-corrected chi connectivity index (χ2v) is 8.83. The molecule has 3 aromatic rings. The Morgan fingerprint density at radius 2 is 1.73 bits per heavy atom. The largest absolute Gasteiger partial charge is 0.411 e. The number of carbonyl (C=O) groups is 1. The zero-order valence-corrected chi connectivity index (χ0v) is 18.1. The van der Waals surface area contributed by atoms with Crippen molar-refractivity contribution in [2.24, 2.45) is 0 Å². The number of amides is 1. The topological polar surface area (TPSA) is 62.5 Å². The third-order valence-electron chi connectivity index (χ3n) is 5.34. The Labute approximate surface area is 181 Å². The number of nitrogens with zero attached hydrogens (tertiary/aromatic N) is 4. The van der Waals surface area contributed by atoms with Crippen LogP contribution < -0.4 is 0 Å². The molecule has 1 amide bonds. The van der Waals surface area contributed by atoms with Crippen LogP contribution in [0.25, 0.3) is 11.5 Å². The van der Waals surface area contributed by atoms with Gasteiger partial charge >= 0.3 is 0 Å². The quantitative estimate of drug-likeness (QED) is 0.562. The van der Waals surface area contributed by atoms with Crippen molar-refractivity contribution in [2.45, 2.75) is 30.9 Å². The van der Waals surface area contributed by atoms with Crippen molar-refractivity contribution in [3.8, 4) is 11.5 Å². The Morgan fingerprint density at radius 1 is 1.03 bits per heavy atom. The van der Waals surface area contributed by atoms with Gasteiger partial charge in [-0.2, -0.15) is 0 Å². The van der Waals surface area contributed by atoms with Crippen molar-refractivity contribution in [3.63, 3.8) is 0 Å². The average Bonchev–Trinajstić information content (AvgIpc) is 3.23. The molecule has 2 heterocycles. The van der Waals surface area contributed by atoms with E-state index in [0.717, 1.165) is 43.9 Å². The highest BCUT2D eigenvalue weighted by Crippen LogP contribution is 2.28. The fraction of sp³-hybridized carbons (Fsp3) is 0.348. The molecule has 156 valence electrons. The Bertz CT molecular complexity index is 984. The standard InChI is InChI=1S/C23H26N4O2S/c1-17-8-6-7-11-20(17)21-24-25-23(29-21)30-18(2)22(28)27-14-12-26(13-15-27)16-19-9-4-3-5-10-19/h3-11,18H,12-16H2,1-2H3/t18-/m0/s1.